The summed E-state index contributed by atoms with van der Waals surface area (Å²) in [5, 5.41) is 3.03. The van der Waals surface area contributed by atoms with Gasteiger partial charge in [-0.3, -0.25) is 14.4 Å². The van der Waals surface area contributed by atoms with E-state index in [-0.39, 0.29) is 18.4 Å². The van der Waals surface area contributed by atoms with Crippen LogP contribution in [-0.4, -0.2) is 66.3 Å². The first-order chi connectivity index (χ1) is 8.59. The van der Waals surface area contributed by atoms with Crippen LogP contribution in [0.2, 0.25) is 0 Å². The maximum absolute atomic E-state index is 12.1. The SMILES string of the molecule is NC(=O)C1CNCCN1C(=O)CN1CCCC1=O. The Morgan fingerprint density at radius 2 is 2.17 bits per heavy atom. The van der Waals surface area contributed by atoms with Gasteiger partial charge in [-0.2, -0.15) is 0 Å². The van der Waals surface area contributed by atoms with Gasteiger partial charge in [0.15, 0.2) is 0 Å². The molecule has 0 aliphatic carbocycles. The number of piperazine rings is 1. The quantitative estimate of drug-likeness (QED) is 0.603. The Hall–Kier alpha value is -1.63. The zero-order valence-electron chi connectivity index (χ0n) is 10.2. The Bertz CT molecular complexity index is 371. The molecule has 2 aliphatic rings. The van der Waals surface area contributed by atoms with E-state index in [1.165, 1.54) is 4.90 Å². The standard InChI is InChI=1S/C11H18N4O3/c12-11(18)8-6-13-3-5-15(8)10(17)7-14-4-1-2-9(14)16/h8,13H,1-7H2,(H2,12,18). The molecular weight excluding hydrogens is 236 g/mol. The first-order valence-corrected chi connectivity index (χ1v) is 6.17. The molecule has 1 unspecified atom stereocenters. The third kappa shape index (κ3) is 2.61. The van der Waals surface area contributed by atoms with Gasteiger partial charge >= 0.3 is 0 Å². The lowest BCUT2D eigenvalue weighted by Crippen LogP contribution is -2.60. The molecule has 2 fully saturated rings. The predicted molar refractivity (Wildman–Crippen MR) is 63.4 cm³/mol. The molecule has 0 radical (unpaired) electrons. The molecule has 7 heteroatoms. The van der Waals surface area contributed by atoms with Crippen LogP contribution in [0.3, 0.4) is 0 Å². The van der Waals surface area contributed by atoms with Crippen molar-refractivity contribution >= 4 is 17.7 Å². The number of rotatable bonds is 3. The molecule has 2 aliphatic heterocycles. The first kappa shape index (κ1) is 12.8. The maximum Gasteiger partial charge on any atom is 0.242 e. The van der Waals surface area contributed by atoms with Gasteiger partial charge in [-0.1, -0.05) is 0 Å². The van der Waals surface area contributed by atoms with Gasteiger partial charge in [-0.05, 0) is 6.42 Å². The van der Waals surface area contributed by atoms with E-state index in [4.69, 9.17) is 5.73 Å². The van der Waals surface area contributed by atoms with E-state index >= 15 is 0 Å². The summed E-state index contributed by atoms with van der Waals surface area (Å²) in [4.78, 5) is 37.9. The highest BCUT2D eigenvalue weighted by molar-refractivity contribution is 5.90. The van der Waals surface area contributed by atoms with E-state index in [1.54, 1.807) is 4.90 Å². The molecule has 2 saturated heterocycles. The number of hydrogen-bond acceptors (Lipinski definition) is 4. The van der Waals surface area contributed by atoms with Gasteiger partial charge in [-0.15, -0.1) is 0 Å². The Kier molecular flexibility index (Phi) is 3.81. The number of primary amides is 1. The summed E-state index contributed by atoms with van der Waals surface area (Å²) >= 11 is 0. The van der Waals surface area contributed by atoms with E-state index in [0.717, 1.165) is 6.42 Å². The van der Waals surface area contributed by atoms with Gasteiger partial charge in [0.1, 0.15) is 6.04 Å². The van der Waals surface area contributed by atoms with Gasteiger partial charge in [-0.25, -0.2) is 0 Å². The van der Waals surface area contributed by atoms with Crippen LogP contribution in [0.1, 0.15) is 12.8 Å². The van der Waals surface area contributed by atoms with Crippen molar-refractivity contribution in [3.05, 3.63) is 0 Å². The molecule has 0 bridgehead atoms. The molecule has 0 spiro atoms. The smallest absolute Gasteiger partial charge is 0.242 e. The van der Waals surface area contributed by atoms with E-state index in [0.29, 0.717) is 32.6 Å². The summed E-state index contributed by atoms with van der Waals surface area (Å²) in [5.41, 5.74) is 5.28. The minimum Gasteiger partial charge on any atom is -0.368 e. The molecular formula is C11H18N4O3. The molecule has 3 N–H and O–H groups in total. The molecule has 100 valence electrons. The second-order valence-electron chi connectivity index (χ2n) is 4.63. The van der Waals surface area contributed by atoms with Crippen LogP contribution in [0.5, 0.6) is 0 Å². The lowest BCUT2D eigenvalue weighted by molar-refractivity contribution is -0.143. The van der Waals surface area contributed by atoms with Crippen molar-refractivity contribution in [1.29, 1.82) is 0 Å². The third-order valence-corrected chi connectivity index (χ3v) is 3.39. The van der Waals surface area contributed by atoms with Gasteiger partial charge in [0.05, 0.1) is 6.54 Å². The molecule has 1 atom stereocenters. The Balaban J connectivity index is 1.97. The zero-order chi connectivity index (χ0) is 13.1. The van der Waals surface area contributed by atoms with E-state index < -0.39 is 11.9 Å². The molecule has 18 heavy (non-hydrogen) atoms. The van der Waals surface area contributed by atoms with Crippen molar-refractivity contribution in [1.82, 2.24) is 15.1 Å². The Labute approximate surface area is 105 Å². The normalized spacial score (nSPS) is 24.4. The highest BCUT2D eigenvalue weighted by Gasteiger charge is 2.32. The maximum atomic E-state index is 12.1. The molecule has 0 saturated carbocycles. The van der Waals surface area contributed by atoms with Crippen LogP contribution >= 0.6 is 0 Å². The lowest BCUT2D eigenvalue weighted by atomic mass is 10.1. The van der Waals surface area contributed by atoms with E-state index in [9.17, 15) is 14.4 Å². The first-order valence-electron chi connectivity index (χ1n) is 6.17. The molecule has 3 amide bonds. The minimum atomic E-state index is -0.607. The number of nitrogens with zero attached hydrogens (tertiary/aromatic N) is 2. The molecule has 0 aromatic rings. The van der Waals surface area contributed by atoms with Crippen molar-refractivity contribution in [2.45, 2.75) is 18.9 Å². The summed E-state index contributed by atoms with van der Waals surface area (Å²) in [6.07, 6.45) is 1.31. The number of nitrogens with two attached hydrogens (primary N) is 1. The fraction of sp³-hybridized carbons (Fsp3) is 0.727. The van der Waals surface area contributed by atoms with Crippen molar-refractivity contribution < 1.29 is 14.4 Å². The second kappa shape index (κ2) is 5.34. The van der Waals surface area contributed by atoms with E-state index in [2.05, 4.69) is 5.32 Å². The molecule has 0 aromatic heterocycles. The summed E-state index contributed by atoms with van der Waals surface area (Å²) in [7, 11) is 0. The fourth-order valence-corrected chi connectivity index (χ4v) is 2.38. The molecule has 7 nitrogen and oxygen atoms in total. The number of carbonyl (C=O) groups is 3. The lowest BCUT2D eigenvalue weighted by Gasteiger charge is -2.35. The Morgan fingerprint density at radius 1 is 1.39 bits per heavy atom. The van der Waals surface area contributed by atoms with Gasteiger partial charge in [0.25, 0.3) is 0 Å². The van der Waals surface area contributed by atoms with Crippen LogP contribution in [0.15, 0.2) is 0 Å². The van der Waals surface area contributed by atoms with Crippen molar-refractivity contribution in [3.8, 4) is 0 Å². The fourth-order valence-electron chi connectivity index (χ4n) is 2.38. The largest absolute Gasteiger partial charge is 0.368 e. The number of amides is 3. The Morgan fingerprint density at radius 3 is 2.78 bits per heavy atom. The van der Waals surface area contributed by atoms with E-state index in [1.807, 2.05) is 0 Å². The molecule has 2 heterocycles. The summed E-state index contributed by atoms with van der Waals surface area (Å²) in [6, 6.07) is -0.607. The average Bonchev–Trinajstić information content (AvgIpc) is 2.75. The minimum absolute atomic E-state index is 0.00843. The number of carbonyl (C=O) groups excluding carboxylic acids is 3. The summed E-state index contributed by atoms with van der Waals surface area (Å²) < 4.78 is 0. The van der Waals surface area contributed by atoms with Crippen molar-refractivity contribution in [2.24, 2.45) is 5.73 Å². The van der Waals surface area contributed by atoms with Crippen molar-refractivity contribution in [2.75, 3.05) is 32.7 Å². The van der Waals surface area contributed by atoms with Crippen molar-refractivity contribution in [3.63, 3.8) is 0 Å². The zero-order valence-corrected chi connectivity index (χ0v) is 10.2. The highest BCUT2D eigenvalue weighted by atomic mass is 16.2. The summed E-state index contributed by atoms with van der Waals surface area (Å²) in [5.74, 6) is -0.701. The van der Waals surface area contributed by atoms with Crippen LogP contribution in [0.4, 0.5) is 0 Å². The van der Waals surface area contributed by atoms with Gasteiger partial charge < -0.3 is 20.9 Å². The van der Waals surface area contributed by atoms with Crippen LogP contribution in [0.25, 0.3) is 0 Å². The number of hydrogen-bond donors (Lipinski definition) is 2. The van der Waals surface area contributed by atoms with Crippen LogP contribution in [-0.2, 0) is 14.4 Å². The average molecular weight is 254 g/mol. The molecule has 2 rings (SSSR count). The topological polar surface area (TPSA) is 95.7 Å². The van der Waals surface area contributed by atoms with Gasteiger partial charge in [0, 0.05) is 32.6 Å². The second-order valence-corrected chi connectivity index (χ2v) is 4.63. The number of likely N-dealkylation sites (tertiary alicyclic amines) is 1. The monoisotopic (exact) mass is 254 g/mol. The van der Waals surface area contributed by atoms with Gasteiger partial charge in [0.2, 0.25) is 17.7 Å². The number of nitrogens with one attached hydrogen (secondary N) is 1. The summed E-state index contributed by atoms with van der Waals surface area (Å²) in [6.45, 7) is 2.16. The molecule has 0 aromatic carbocycles. The predicted octanol–water partition coefficient (Wildman–Crippen LogP) is -2.11. The van der Waals surface area contributed by atoms with Crippen LogP contribution < -0.4 is 11.1 Å². The highest BCUT2D eigenvalue weighted by Crippen LogP contribution is 2.11. The van der Waals surface area contributed by atoms with Crippen LogP contribution in [0, 0.1) is 0 Å². The third-order valence-electron chi connectivity index (χ3n) is 3.39.